The molecule has 2 nitrogen and oxygen atoms in total. The quantitative estimate of drug-likeness (QED) is 0.596. The predicted molar refractivity (Wildman–Crippen MR) is 93.2 cm³/mol. The van der Waals surface area contributed by atoms with E-state index in [0.717, 1.165) is 11.3 Å². The van der Waals surface area contributed by atoms with E-state index in [4.69, 9.17) is 12.2 Å². The monoisotopic (exact) mass is 329 g/mol. The van der Waals surface area contributed by atoms with Crippen LogP contribution < -0.4 is 4.90 Å². The highest BCUT2D eigenvalue weighted by molar-refractivity contribution is 8.27. The lowest BCUT2D eigenvalue weighted by Crippen LogP contribution is -2.27. The van der Waals surface area contributed by atoms with Gasteiger partial charge in [-0.25, -0.2) is 4.39 Å². The summed E-state index contributed by atoms with van der Waals surface area (Å²) in [6.07, 6.45) is 1.66. The molecule has 22 heavy (non-hydrogen) atoms. The molecule has 1 fully saturated rings. The van der Waals surface area contributed by atoms with E-state index >= 15 is 0 Å². The maximum Gasteiger partial charge on any atom is 0.270 e. The van der Waals surface area contributed by atoms with Gasteiger partial charge in [-0.2, -0.15) is 0 Å². The van der Waals surface area contributed by atoms with Gasteiger partial charge in [0.25, 0.3) is 5.91 Å². The van der Waals surface area contributed by atoms with E-state index in [0.29, 0.717) is 14.8 Å². The van der Waals surface area contributed by atoms with Gasteiger partial charge >= 0.3 is 0 Å². The van der Waals surface area contributed by atoms with E-state index in [-0.39, 0.29) is 11.7 Å². The molecule has 0 saturated carbocycles. The molecule has 3 rings (SSSR count). The average Bonchev–Trinajstić information content (AvgIpc) is 2.75. The molecule has 0 unspecified atom stereocenters. The largest absolute Gasteiger partial charge is 0.270 e. The third-order valence-electron chi connectivity index (χ3n) is 3.23. The Morgan fingerprint density at radius 1 is 1.18 bits per heavy atom. The summed E-state index contributed by atoms with van der Waals surface area (Å²) in [5.41, 5.74) is 2.50. The summed E-state index contributed by atoms with van der Waals surface area (Å²) in [5, 5.41) is 0. The van der Waals surface area contributed by atoms with Crippen molar-refractivity contribution in [2.24, 2.45) is 0 Å². The summed E-state index contributed by atoms with van der Waals surface area (Å²) in [6, 6.07) is 13.7. The van der Waals surface area contributed by atoms with Crippen LogP contribution in [0.1, 0.15) is 11.1 Å². The van der Waals surface area contributed by atoms with Gasteiger partial charge in [-0.1, -0.05) is 53.8 Å². The lowest BCUT2D eigenvalue weighted by Gasteiger charge is -2.14. The van der Waals surface area contributed by atoms with Crippen molar-refractivity contribution in [3.63, 3.8) is 0 Å². The van der Waals surface area contributed by atoms with E-state index < -0.39 is 0 Å². The minimum atomic E-state index is -0.331. The normalized spacial score (nSPS) is 16.6. The van der Waals surface area contributed by atoms with Gasteiger partial charge < -0.3 is 0 Å². The molecule has 1 amide bonds. The van der Waals surface area contributed by atoms with E-state index in [1.807, 2.05) is 31.2 Å². The minimum absolute atomic E-state index is 0.178. The van der Waals surface area contributed by atoms with E-state index in [1.54, 1.807) is 18.2 Å². The summed E-state index contributed by atoms with van der Waals surface area (Å²) >= 11 is 6.53. The van der Waals surface area contributed by atoms with Crippen molar-refractivity contribution in [1.82, 2.24) is 0 Å². The predicted octanol–water partition coefficient (Wildman–Crippen LogP) is 4.54. The fourth-order valence-electron chi connectivity index (χ4n) is 2.13. The number of amides is 1. The Hall–Kier alpha value is -1.98. The van der Waals surface area contributed by atoms with E-state index in [2.05, 4.69) is 0 Å². The highest BCUT2D eigenvalue weighted by atomic mass is 32.2. The first kappa shape index (κ1) is 14.9. The molecule has 0 bridgehead atoms. The number of rotatable bonds is 2. The Morgan fingerprint density at radius 3 is 2.59 bits per heavy atom. The molecule has 0 radical (unpaired) electrons. The first-order valence-electron chi connectivity index (χ1n) is 6.65. The molecule has 1 aliphatic heterocycles. The van der Waals surface area contributed by atoms with Gasteiger partial charge in [0.2, 0.25) is 0 Å². The van der Waals surface area contributed by atoms with Gasteiger partial charge in [-0.05, 0) is 42.8 Å². The van der Waals surface area contributed by atoms with Gasteiger partial charge in [0, 0.05) is 0 Å². The van der Waals surface area contributed by atoms with Crippen molar-refractivity contribution >= 4 is 46.0 Å². The number of aryl methyl sites for hydroxylation is 1. The zero-order valence-corrected chi connectivity index (χ0v) is 13.4. The highest BCUT2D eigenvalue weighted by Gasteiger charge is 2.33. The summed E-state index contributed by atoms with van der Waals surface area (Å²) in [5.74, 6) is -0.508. The van der Waals surface area contributed by atoms with Crippen LogP contribution in [0.5, 0.6) is 0 Å². The van der Waals surface area contributed by atoms with Gasteiger partial charge in [-0.15, -0.1) is 0 Å². The maximum atomic E-state index is 13.2. The molecule has 0 atom stereocenters. The lowest BCUT2D eigenvalue weighted by atomic mass is 10.2. The summed E-state index contributed by atoms with van der Waals surface area (Å²) in [7, 11) is 0. The van der Waals surface area contributed by atoms with Crippen LogP contribution in [0.4, 0.5) is 10.1 Å². The molecule has 1 heterocycles. The second kappa shape index (κ2) is 6.02. The molecule has 0 aliphatic carbocycles. The van der Waals surface area contributed by atoms with Crippen molar-refractivity contribution in [2.75, 3.05) is 4.90 Å². The van der Waals surface area contributed by atoms with Crippen LogP contribution >= 0.6 is 24.0 Å². The topological polar surface area (TPSA) is 20.3 Å². The zero-order chi connectivity index (χ0) is 15.7. The van der Waals surface area contributed by atoms with Gasteiger partial charge in [0.05, 0.1) is 10.6 Å². The molecule has 0 N–H and O–H groups in total. The number of thiocarbonyl (C=S) groups is 1. The van der Waals surface area contributed by atoms with Crippen molar-refractivity contribution < 1.29 is 9.18 Å². The number of benzene rings is 2. The molecule has 2 aromatic rings. The second-order valence-electron chi connectivity index (χ2n) is 4.91. The van der Waals surface area contributed by atoms with E-state index in [1.165, 1.54) is 28.8 Å². The Labute approximate surface area is 137 Å². The average molecular weight is 329 g/mol. The van der Waals surface area contributed by atoms with Crippen LogP contribution in [0.3, 0.4) is 0 Å². The number of nitrogens with zero attached hydrogens (tertiary/aromatic N) is 1. The third-order valence-corrected chi connectivity index (χ3v) is 4.53. The van der Waals surface area contributed by atoms with Gasteiger partial charge in [0.15, 0.2) is 4.32 Å². The number of hydrogen-bond acceptors (Lipinski definition) is 3. The van der Waals surface area contributed by atoms with Crippen molar-refractivity contribution in [3.05, 3.63) is 70.4 Å². The molecular formula is C17H12FNOS2. The summed E-state index contributed by atoms with van der Waals surface area (Å²) < 4.78 is 13.7. The van der Waals surface area contributed by atoms with Crippen molar-refractivity contribution in [2.45, 2.75) is 6.92 Å². The number of carbonyl (C=O) groups excluding carboxylic acids is 1. The fourth-order valence-corrected chi connectivity index (χ4v) is 3.43. The van der Waals surface area contributed by atoms with Crippen LogP contribution in [-0.2, 0) is 4.79 Å². The third kappa shape index (κ3) is 2.96. The Kier molecular flexibility index (Phi) is 4.09. The van der Waals surface area contributed by atoms with Gasteiger partial charge in [-0.3, -0.25) is 9.69 Å². The number of thioether (sulfide) groups is 1. The van der Waals surface area contributed by atoms with Crippen LogP contribution in [-0.4, -0.2) is 10.2 Å². The van der Waals surface area contributed by atoms with Gasteiger partial charge in [0.1, 0.15) is 5.82 Å². The molecular weight excluding hydrogens is 317 g/mol. The summed E-state index contributed by atoms with van der Waals surface area (Å²) in [6.45, 7) is 1.98. The number of halogens is 1. The molecule has 1 saturated heterocycles. The van der Waals surface area contributed by atoms with E-state index in [9.17, 15) is 9.18 Å². The smallest absolute Gasteiger partial charge is 0.268 e. The Bertz CT molecular complexity index is 784. The molecule has 0 aromatic heterocycles. The molecule has 0 spiro atoms. The molecule has 110 valence electrons. The Morgan fingerprint density at radius 2 is 1.91 bits per heavy atom. The number of hydrogen-bond donors (Lipinski definition) is 0. The van der Waals surface area contributed by atoms with Crippen molar-refractivity contribution in [3.8, 4) is 0 Å². The van der Waals surface area contributed by atoms with Crippen LogP contribution in [0.2, 0.25) is 0 Å². The number of carbonyl (C=O) groups is 1. The van der Waals surface area contributed by atoms with Crippen LogP contribution in [0, 0.1) is 12.7 Å². The van der Waals surface area contributed by atoms with Crippen LogP contribution in [0.25, 0.3) is 6.08 Å². The molecule has 1 aliphatic rings. The maximum absolute atomic E-state index is 13.2. The van der Waals surface area contributed by atoms with Crippen molar-refractivity contribution in [1.29, 1.82) is 0 Å². The zero-order valence-electron chi connectivity index (χ0n) is 11.7. The Balaban J connectivity index is 1.93. The summed E-state index contributed by atoms with van der Waals surface area (Å²) in [4.78, 5) is 14.5. The fraction of sp³-hybridized carbons (Fsp3) is 0.0588. The molecule has 2 aromatic carbocycles. The highest BCUT2D eigenvalue weighted by Crippen LogP contribution is 2.36. The minimum Gasteiger partial charge on any atom is -0.268 e. The number of anilines is 1. The standard InChI is InChI=1S/C17H12FNOS2/c1-11-5-7-14(8-6-11)19-16(20)15(22-17(19)21)10-12-3-2-4-13(18)9-12/h2-10H,1H3/b15-10+. The van der Waals surface area contributed by atoms with Crippen LogP contribution in [0.15, 0.2) is 53.4 Å². The first-order valence-corrected chi connectivity index (χ1v) is 7.87. The SMILES string of the molecule is Cc1ccc(N2C(=O)/C(=C\c3cccc(F)c3)SC2=S)cc1. The lowest BCUT2D eigenvalue weighted by molar-refractivity contribution is -0.113. The first-order chi connectivity index (χ1) is 10.5. The molecule has 5 heteroatoms. The second-order valence-corrected chi connectivity index (χ2v) is 6.58.